The minimum absolute atomic E-state index is 0.142. The maximum atomic E-state index is 12.3. The van der Waals surface area contributed by atoms with Crippen LogP contribution in [0.2, 0.25) is 10.0 Å². The van der Waals surface area contributed by atoms with Crippen LogP contribution < -0.4 is 5.56 Å². The van der Waals surface area contributed by atoms with Crippen molar-refractivity contribution in [3.63, 3.8) is 0 Å². The van der Waals surface area contributed by atoms with Crippen LogP contribution in [0, 0.1) is 6.92 Å². The van der Waals surface area contributed by atoms with E-state index in [2.05, 4.69) is 20.9 Å². The number of Topliss-reactive ketones (excluding diaryl/α,β-unsaturated/α-hetero) is 1. The molecule has 0 saturated heterocycles. The first-order valence-electron chi connectivity index (χ1n) is 5.60. The molecule has 0 aliphatic rings. The smallest absolute Gasteiger partial charge is 0.268 e. The van der Waals surface area contributed by atoms with Gasteiger partial charge in [0.2, 0.25) is 0 Å². The number of carbonyl (C=O) groups is 1. The lowest BCUT2D eigenvalue weighted by atomic mass is 10.1. The van der Waals surface area contributed by atoms with E-state index < -0.39 is 0 Å². The molecule has 1 heterocycles. The van der Waals surface area contributed by atoms with Crippen molar-refractivity contribution in [2.75, 3.05) is 0 Å². The van der Waals surface area contributed by atoms with E-state index in [1.54, 1.807) is 19.1 Å². The van der Waals surface area contributed by atoms with Gasteiger partial charge in [0.15, 0.2) is 5.78 Å². The first-order chi connectivity index (χ1) is 9.40. The van der Waals surface area contributed by atoms with Gasteiger partial charge >= 0.3 is 0 Å². The first-order valence-corrected chi connectivity index (χ1v) is 7.15. The van der Waals surface area contributed by atoms with E-state index in [4.69, 9.17) is 23.2 Å². The molecular formula is C13H9BrCl2N2O2. The number of aryl methyl sites for hydroxylation is 1. The molecule has 0 bridgehead atoms. The second-order valence-electron chi connectivity index (χ2n) is 4.09. The number of nitrogens with zero attached hydrogens (tertiary/aromatic N) is 2. The van der Waals surface area contributed by atoms with E-state index in [0.29, 0.717) is 20.3 Å². The Morgan fingerprint density at radius 2 is 2.10 bits per heavy atom. The zero-order valence-electron chi connectivity index (χ0n) is 10.4. The number of hydrogen-bond acceptors (Lipinski definition) is 3. The molecule has 0 spiro atoms. The predicted molar refractivity (Wildman–Crippen MR) is 81.7 cm³/mol. The van der Waals surface area contributed by atoms with Crippen molar-refractivity contribution in [2.24, 2.45) is 0 Å². The molecule has 7 heteroatoms. The minimum Gasteiger partial charge on any atom is -0.292 e. The van der Waals surface area contributed by atoms with Crippen LogP contribution in [0.15, 0.2) is 33.7 Å². The Bertz CT molecular complexity index is 744. The van der Waals surface area contributed by atoms with Crippen molar-refractivity contribution < 1.29 is 4.79 Å². The van der Waals surface area contributed by atoms with Crippen molar-refractivity contribution in [2.45, 2.75) is 13.5 Å². The Morgan fingerprint density at radius 3 is 2.80 bits per heavy atom. The number of benzene rings is 1. The maximum Gasteiger partial charge on any atom is 0.268 e. The molecule has 20 heavy (non-hydrogen) atoms. The van der Waals surface area contributed by atoms with Crippen molar-refractivity contribution in [1.82, 2.24) is 9.55 Å². The van der Waals surface area contributed by atoms with Gasteiger partial charge in [-0.25, -0.2) is 4.98 Å². The Balaban J connectivity index is 2.40. The third kappa shape index (κ3) is 3.11. The second kappa shape index (κ2) is 6.08. The number of carbonyl (C=O) groups excluding carboxylic acids is 1. The molecule has 104 valence electrons. The molecule has 0 N–H and O–H groups in total. The molecule has 2 aromatic rings. The standard InChI is InChI=1S/C13H9BrCl2N2O2/c1-7-17-5-10(14)13(20)18(7)6-12(19)9-4-8(15)2-3-11(9)16/h2-5H,6H2,1H3. The zero-order chi connectivity index (χ0) is 14.9. The van der Waals surface area contributed by atoms with Crippen molar-refractivity contribution in [3.05, 3.63) is 60.7 Å². The normalized spacial score (nSPS) is 10.6. The molecular weight excluding hydrogens is 367 g/mol. The second-order valence-corrected chi connectivity index (χ2v) is 5.79. The predicted octanol–water partition coefficient (Wildman–Crippen LogP) is 3.50. The quantitative estimate of drug-likeness (QED) is 0.771. The highest BCUT2D eigenvalue weighted by atomic mass is 79.9. The van der Waals surface area contributed by atoms with E-state index in [-0.39, 0.29) is 23.5 Å². The number of aromatic nitrogens is 2. The summed E-state index contributed by atoms with van der Waals surface area (Å²) in [6.45, 7) is 1.51. The van der Waals surface area contributed by atoms with Crippen LogP contribution in [0.1, 0.15) is 16.2 Å². The van der Waals surface area contributed by atoms with Gasteiger partial charge in [0, 0.05) is 16.8 Å². The lowest BCUT2D eigenvalue weighted by molar-refractivity contribution is 0.0969. The molecule has 0 aliphatic heterocycles. The molecule has 0 amide bonds. The van der Waals surface area contributed by atoms with Gasteiger partial charge in [-0.1, -0.05) is 23.2 Å². The molecule has 1 aromatic carbocycles. The maximum absolute atomic E-state index is 12.3. The van der Waals surface area contributed by atoms with E-state index >= 15 is 0 Å². The van der Waals surface area contributed by atoms with Crippen LogP contribution >= 0.6 is 39.1 Å². The van der Waals surface area contributed by atoms with Crippen LogP contribution in [0.25, 0.3) is 0 Å². The summed E-state index contributed by atoms with van der Waals surface area (Å²) >= 11 is 14.9. The fourth-order valence-corrected chi connectivity index (χ4v) is 2.39. The Morgan fingerprint density at radius 1 is 1.40 bits per heavy atom. The lowest BCUT2D eigenvalue weighted by Gasteiger charge is -2.09. The summed E-state index contributed by atoms with van der Waals surface area (Å²) in [6.07, 6.45) is 1.41. The SMILES string of the molecule is Cc1ncc(Br)c(=O)n1CC(=O)c1cc(Cl)ccc1Cl. The molecule has 2 rings (SSSR count). The van der Waals surface area contributed by atoms with E-state index in [9.17, 15) is 9.59 Å². The highest BCUT2D eigenvalue weighted by molar-refractivity contribution is 9.10. The van der Waals surface area contributed by atoms with Gasteiger partial charge in [0.05, 0.1) is 11.6 Å². The lowest BCUT2D eigenvalue weighted by Crippen LogP contribution is -2.27. The van der Waals surface area contributed by atoms with E-state index in [0.717, 1.165) is 0 Å². The van der Waals surface area contributed by atoms with Gasteiger partial charge in [-0.3, -0.25) is 14.2 Å². The van der Waals surface area contributed by atoms with Crippen molar-refractivity contribution in [1.29, 1.82) is 0 Å². The van der Waals surface area contributed by atoms with Gasteiger partial charge in [-0.15, -0.1) is 0 Å². The molecule has 0 aliphatic carbocycles. The molecule has 0 fully saturated rings. The fourth-order valence-electron chi connectivity index (χ4n) is 1.68. The molecule has 0 saturated carbocycles. The third-order valence-corrected chi connectivity index (χ3v) is 3.84. The average Bonchev–Trinajstić information content (AvgIpc) is 2.41. The Hall–Kier alpha value is -1.17. The van der Waals surface area contributed by atoms with Crippen LogP contribution in [-0.2, 0) is 6.54 Å². The largest absolute Gasteiger partial charge is 0.292 e. The average molecular weight is 376 g/mol. The number of hydrogen-bond donors (Lipinski definition) is 0. The molecule has 1 aromatic heterocycles. The number of rotatable bonds is 3. The Kier molecular flexibility index (Phi) is 4.62. The van der Waals surface area contributed by atoms with Crippen LogP contribution in [0.5, 0.6) is 0 Å². The Labute approximate surface area is 133 Å². The van der Waals surface area contributed by atoms with Crippen molar-refractivity contribution >= 4 is 44.9 Å². The highest BCUT2D eigenvalue weighted by Gasteiger charge is 2.15. The summed E-state index contributed by atoms with van der Waals surface area (Å²) < 4.78 is 1.58. The monoisotopic (exact) mass is 374 g/mol. The summed E-state index contributed by atoms with van der Waals surface area (Å²) in [7, 11) is 0. The van der Waals surface area contributed by atoms with Crippen LogP contribution in [0.4, 0.5) is 0 Å². The summed E-state index contributed by atoms with van der Waals surface area (Å²) in [5.74, 6) is 0.146. The van der Waals surface area contributed by atoms with Gasteiger partial charge in [0.25, 0.3) is 5.56 Å². The van der Waals surface area contributed by atoms with E-state index in [1.165, 1.54) is 16.8 Å². The minimum atomic E-state index is -0.316. The summed E-state index contributed by atoms with van der Waals surface area (Å²) in [5, 5.41) is 0.710. The zero-order valence-corrected chi connectivity index (χ0v) is 13.5. The first kappa shape index (κ1) is 15.2. The van der Waals surface area contributed by atoms with Gasteiger partial charge in [-0.2, -0.15) is 0 Å². The van der Waals surface area contributed by atoms with Crippen LogP contribution in [-0.4, -0.2) is 15.3 Å². The summed E-state index contributed by atoms with van der Waals surface area (Å²) in [5.41, 5.74) is -0.0329. The molecule has 0 unspecified atom stereocenters. The van der Waals surface area contributed by atoms with Gasteiger partial charge in [-0.05, 0) is 41.1 Å². The van der Waals surface area contributed by atoms with Gasteiger partial charge in [0.1, 0.15) is 10.3 Å². The van der Waals surface area contributed by atoms with Gasteiger partial charge < -0.3 is 0 Å². The number of ketones is 1. The molecule has 4 nitrogen and oxygen atoms in total. The number of halogens is 3. The van der Waals surface area contributed by atoms with Crippen molar-refractivity contribution in [3.8, 4) is 0 Å². The summed E-state index contributed by atoms with van der Waals surface area (Å²) in [4.78, 5) is 28.3. The topological polar surface area (TPSA) is 52.0 Å². The fraction of sp³-hybridized carbons (Fsp3) is 0.154. The van der Waals surface area contributed by atoms with Crippen LogP contribution in [0.3, 0.4) is 0 Å². The molecule has 0 atom stereocenters. The molecule has 0 radical (unpaired) electrons. The third-order valence-electron chi connectivity index (χ3n) is 2.74. The highest BCUT2D eigenvalue weighted by Crippen LogP contribution is 2.21. The van der Waals surface area contributed by atoms with E-state index in [1.807, 2.05) is 0 Å². The summed E-state index contributed by atoms with van der Waals surface area (Å²) in [6, 6.07) is 4.63.